The summed E-state index contributed by atoms with van der Waals surface area (Å²) in [7, 11) is 1.80. The molecule has 1 heterocycles. The molecule has 0 fully saturated rings. The predicted molar refractivity (Wildman–Crippen MR) is 73.4 cm³/mol. The number of aliphatic hydroxyl groups is 1. The van der Waals surface area contributed by atoms with Crippen LogP contribution in [0, 0.1) is 0 Å². The fraction of sp³-hybridized carbons (Fsp3) is 0.692. The minimum atomic E-state index is -0.344. The maximum atomic E-state index is 11.7. The summed E-state index contributed by atoms with van der Waals surface area (Å²) in [5.74, 6) is -0.344. The highest BCUT2D eigenvalue weighted by Gasteiger charge is 2.16. The Morgan fingerprint density at radius 1 is 1.50 bits per heavy atom. The van der Waals surface area contributed by atoms with Crippen LogP contribution in [0.4, 0.5) is 0 Å². The van der Waals surface area contributed by atoms with Gasteiger partial charge in [-0.1, -0.05) is 0 Å². The van der Waals surface area contributed by atoms with Crippen molar-refractivity contribution in [1.29, 1.82) is 0 Å². The van der Waals surface area contributed by atoms with Crippen molar-refractivity contribution in [1.82, 2.24) is 15.1 Å². The minimum absolute atomic E-state index is 0.0470. The standard InChI is InChI=1S/C13H23N3O4/c1-3-20-13(18)11-9-15-16(2)12(11)10-14-5-4-7-19-8-6-17/h9,14,17H,3-8,10H2,1-2H3. The van der Waals surface area contributed by atoms with E-state index >= 15 is 0 Å². The molecule has 0 unspecified atom stereocenters. The molecule has 0 aliphatic carbocycles. The SMILES string of the molecule is CCOC(=O)c1cnn(C)c1CNCCCOCCO. The van der Waals surface area contributed by atoms with E-state index in [1.165, 1.54) is 6.20 Å². The van der Waals surface area contributed by atoms with Crippen LogP contribution >= 0.6 is 0 Å². The Hall–Kier alpha value is -1.44. The van der Waals surface area contributed by atoms with Crippen molar-refractivity contribution >= 4 is 5.97 Å². The summed E-state index contributed by atoms with van der Waals surface area (Å²) in [4.78, 5) is 11.7. The van der Waals surface area contributed by atoms with Gasteiger partial charge >= 0.3 is 5.97 Å². The number of hydrogen-bond acceptors (Lipinski definition) is 6. The first-order valence-corrected chi connectivity index (χ1v) is 6.78. The maximum absolute atomic E-state index is 11.7. The molecular weight excluding hydrogens is 262 g/mol. The molecule has 0 saturated heterocycles. The maximum Gasteiger partial charge on any atom is 0.341 e. The van der Waals surface area contributed by atoms with Crippen molar-refractivity contribution in [2.45, 2.75) is 19.9 Å². The number of aliphatic hydroxyl groups excluding tert-OH is 1. The van der Waals surface area contributed by atoms with Crippen molar-refractivity contribution in [2.24, 2.45) is 7.05 Å². The third-order valence-electron chi connectivity index (χ3n) is 2.73. The van der Waals surface area contributed by atoms with E-state index in [-0.39, 0.29) is 12.6 Å². The van der Waals surface area contributed by atoms with Crippen molar-refractivity contribution in [3.8, 4) is 0 Å². The zero-order chi connectivity index (χ0) is 14.8. The van der Waals surface area contributed by atoms with E-state index in [1.807, 2.05) is 0 Å². The average Bonchev–Trinajstić information content (AvgIpc) is 2.79. The quantitative estimate of drug-likeness (QED) is 0.468. The highest BCUT2D eigenvalue weighted by atomic mass is 16.5. The van der Waals surface area contributed by atoms with Gasteiger partial charge in [0.2, 0.25) is 0 Å². The lowest BCUT2D eigenvalue weighted by atomic mass is 10.2. The third-order valence-corrected chi connectivity index (χ3v) is 2.73. The van der Waals surface area contributed by atoms with Crippen LogP contribution in [0.3, 0.4) is 0 Å². The molecule has 7 nitrogen and oxygen atoms in total. The van der Waals surface area contributed by atoms with Crippen LogP contribution in [0.1, 0.15) is 29.4 Å². The van der Waals surface area contributed by atoms with Gasteiger partial charge in [-0.3, -0.25) is 4.68 Å². The summed E-state index contributed by atoms with van der Waals surface area (Å²) in [5, 5.41) is 15.9. The fourth-order valence-corrected chi connectivity index (χ4v) is 1.72. The van der Waals surface area contributed by atoms with E-state index in [4.69, 9.17) is 14.6 Å². The first kappa shape index (κ1) is 16.6. The summed E-state index contributed by atoms with van der Waals surface area (Å²) in [5.41, 5.74) is 1.30. The van der Waals surface area contributed by atoms with Gasteiger partial charge in [0, 0.05) is 20.2 Å². The smallest absolute Gasteiger partial charge is 0.341 e. The Kier molecular flexibility index (Phi) is 7.86. The lowest BCUT2D eigenvalue weighted by molar-refractivity contribution is 0.0524. The summed E-state index contributed by atoms with van der Waals surface area (Å²) in [6.07, 6.45) is 2.37. The number of aryl methyl sites for hydroxylation is 1. The summed E-state index contributed by atoms with van der Waals surface area (Å²) in [6, 6.07) is 0. The predicted octanol–water partition coefficient (Wildman–Crippen LogP) is 0.0854. The van der Waals surface area contributed by atoms with Crippen molar-refractivity contribution < 1.29 is 19.4 Å². The Bertz CT molecular complexity index is 406. The molecule has 0 saturated carbocycles. The van der Waals surface area contributed by atoms with Crippen LogP contribution in [0.15, 0.2) is 6.20 Å². The number of nitrogens with zero attached hydrogens (tertiary/aromatic N) is 2. The highest BCUT2D eigenvalue weighted by Crippen LogP contribution is 2.09. The number of hydrogen-bond donors (Lipinski definition) is 2. The van der Waals surface area contributed by atoms with E-state index in [0.717, 1.165) is 18.7 Å². The molecule has 0 aliphatic heterocycles. The van der Waals surface area contributed by atoms with Gasteiger partial charge in [-0.05, 0) is 19.9 Å². The topological polar surface area (TPSA) is 85.6 Å². The van der Waals surface area contributed by atoms with Crippen LogP contribution in [-0.2, 0) is 23.1 Å². The zero-order valence-corrected chi connectivity index (χ0v) is 12.1. The minimum Gasteiger partial charge on any atom is -0.462 e. The molecule has 0 aliphatic rings. The molecule has 1 aromatic rings. The van der Waals surface area contributed by atoms with Crippen LogP contribution < -0.4 is 5.32 Å². The van der Waals surface area contributed by atoms with Gasteiger partial charge in [0.15, 0.2) is 0 Å². The zero-order valence-electron chi connectivity index (χ0n) is 12.1. The number of carbonyl (C=O) groups excluding carboxylic acids is 1. The lowest BCUT2D eigenvalue weighted by Gasteiger charge is -2.08. The molecule has 0 atom stereocenters. The van der Waals surface area contributed by atoms with Gasteiger partial charge in [-0.15, -0.1) is 0 Å². The van der Waals surface area contributed by atoms with Gasteiger partial charge in [0.1, 0.15) is 5.56 Å². The van der Waals surface area contributed by atoms with Crippen LogP contribution in [-0.4, -0.2) is 53.8 Å². The Labute approximate surface area is 118 Å². The van der Waals surface area contributed by atoms with Crippen LogP contribution in [0.25, 0.3) is 0 Å². The fourth-order valence-electron chi connectivity index (χ4n) is 1.72. The van der Waals surface area contributed by atoms with E-state index in [0.29, 0.717) is 31.9 Å². The number of aromatic nitrogens is 2. The number of nitrogens with one attached hydrogen (secondary N) is 1. The van der Waals surface area contributed by atoms with E-state index in [2.05, 4.69) is 10.4 Å². The number of ether oxygens (including phenoxy) is 2. The van der Waals surface area contributed by atoms with Crippen LogP contribution in [0.2, 0.25) is 0 Å². The molecule has 1 aromatic heterocycles. The van der Waals surface area contributed by atoms with E-state index in [9.17, 15) is 4.79 Å². The van der Waals surface area contributed by atoms with Crippen molar-refractivity contribution in [3.05, 3.63) is 17.5 Å². The van der Waals surface area contributed by atoms with Gasteiger partial charge < -0.3 is 19.9 Å². The van der Waals surface area contributed by atoms with Crippen LogP contribution in [0.5, 0.6) is 0 Å². The molecule has 0 spiro atoms. The molecule has 0 radical (unpaired) electrons. The van der Waals surface area contributed by atoms with E-state index < -0.39 is 0 Å². The Morgan fingerprint density at radius 2 is 2.30 bits per heavy atom. The molecule has 1 rings (SSSR count). The largest absolute Gasteiger partial charge is 0.462 e. The summed E-state index contributed by atoms with van der Waals surface area (Å²) >= 11 is 0. The first-order valence-electron chi connectivity index (χ1n) is 6.78. The number of carbonyl (C=O) groups is 1. The molecule has 7 heteroatoms. The Morgan fingerprint density at radius 3 is 3.00 bits per heavy atom. The molecule has 0 aromatic carbocycles. The highest BCUT2D eigenvalue weighted by molar-refractivity contribution is 5.90. The lowest BCUT2D eigenvalue weighted by Crippen LogP contribution is -2.20. The third kappa shape index (κ3) is 5.28. The molecule has 114 valence electrons. The second-order valence-corrected chi connectivity index (χ2v) is 4.22. The average molecular weight is 285 g/mol. The van der Waals surface area contributed by atoms with Gasteiger partial charge in [-0.2, -0.15) is 5.10 Å². The number of esters is 1. The molecule has 20 heavy (non-hydrogen) atoms. The second kappa shape index (κ2) is 9.46. The van der Waals surface area contributed by atoms with Crippen molar-refractivity contribution in [3.63, 3.8) is 0 Å². The summed E-state index contributed by atoms with van der Waals surface area (Å²) < 4.78 is 11.8. The normalized spacial score (nSPS) is 10.8. The molecule has 0 amide bonds. The van der Waals surface area contributed by atoms with Gasteiger partial charge in [0.25, 0.3) is 0 Å². The monoisotopic (exact) mass is 285 g/mol. The van der Waals surface area contributed by atoms with Crippen molar-refractivity contribution in [2.75, 3.05) is 33.0 Å². The first-order chi connectivity index (χ1) is 9.70. The molecule has 0 bridgehead atoms. The molecule has 2 N–H and O–H groups in total. The van der Waals surface area contributed by atoms with Gasteiger partial charge in [0.05, 0.1) is 31.7 Å². The Balaban J connectivity index is 2.36. The second-order valence-electron chi connectivity index (χ2n) is 4.22. The van der Waals surface area contributed by atoms with E-state index in [1.54, 1.807) is 18.7 Å². The number of rotatable bonds is 10. The molecular formula is C13H23N3O4. The summed E-state index contributed by atoms with van der Waals surface area (Å²) in [6.45, 7) is 4.45. The van der Waals surface area contributed by atoms with Gasteiger partial charge in [-0.25, -0.2) is 4.79 Å².